The van der Waals surface area contributed by atoms with E-state index < -0.39 is 5.82 Å². The van der Waals surface area contributed by atoms with Crippen LogP contribution in [0.25, 0.3) is 11.1 Å². The van der Waals surface area contributed by atoms with Crippen LogP contribution < -0.4 is 5.56 Å². The molecule has 1 N–H and O–H groups in total. The van der Waals surface area contributed by atoms with Gasteiger partial charge in [0.2, 0.25) is 5.56 Å². The van der Waals surface area contributed by atoms with E-state index in [1.165, 1.54) is 24.4 Å². The zero-order chi connectivity index (χ0) is 11.5. The van der Waals surface area contributed by atoms with Crippen molar-refractivity contribution in [3.63, 3.8) is 0 Å². The van der Waals surface area contributed by atoms with Crippen molar-refractivity contribution in [3.05, 3.63) is 58.3 Å². The van der Waals surface area contributed by atoms with Gasteiger partial charge in [-0.1, -0.05) is 6.07 Å². The number of aromatic amines is 1. The Kier molecular flexibility index (Phi) is 2.64. The molecule has 1 aromatic heterocycles. The molecule has 0 aliphatic carbocycles. The SMILES string of the molecule is O=Cc1cc(-c2ccc(=O)[nH]c2)ccc1F. The van der Waals surface area contributed by atoms with Gasteiger partial charge < -0.3 is 4.98 Å². The molecule has 0 radical (unpaired) electrons. The van der Waals surface area contributed by atoms with E-state index >= 15 is 0 Å². The maximum absolute atomic E-state index is 13.1. The number of pyridine rings is 1. The summed E-state index contributed by atoms with van der Waals surface area (Å²) in [5.41, 5.74) is 1.20. The number of carbonyl (C=O) groups is 1. The number of benzene rings is 1. The fourth-order valence-corrected chi connectivity index (χ4v) is 1.40. The molecule has 0 aliphatic heterocycles. The molecule has 0 aliphatic rings. The Bertz CT molecular complexity index is 569. The summed E-state index contributed by atoms with van der Waals surface area (Å²) >= 11 is 0. The predicted octanol–water partition coefficient (Wildman–Crippen LogP) is 1.99. The number of rotatable bonds is 2. The Labute approximate surface area is 90.6 Å². The van der Waals surface area contributed by atoms with Gasteiger partial charge in [-0.3, -0.25) is 9.59 Å². The van der Waals surface area contributed by atoms with E-state index in [0.717, 1.165) is 5.56 Å². The molecule has 0 amide bonds. The average molecular weight is 217 g/mol. The molecule has 0 fully saturated rings. The third kappa shape index (κ3) is 1.91. The summed E-state index contributed by atoms with van der Waals surface area (Å²) in [6, 6.07) is 7.20. The Morgan fingerprint density at radius 1 is 1.12 bits per heavy atom. The minimum absolute atomic E-state index is 0.00343. The maximum Gasteiger partial charge on any atom is 0.247 e. The molecule has 0 spiro atoms. The minimum Gasteiger partial charge on any atom is -0.328 e. The van der Waals surface area contributed by atoms with E-state index in [4.69, 9.17) is 0 Å². The zero-order valence-electron chi connectivity index (χ0n) is 8.24. The largest absolute Gasteiger partial charge is 0.328 e. The van der Waals surface area contributed by atoms with Crippen molar-refractivity contribution >= 4 is 6.29 Å². The van der Waals surface area contributed by atoms with Gasteiger partial charge in [-0.15, -0.1) is 0 Å². The predicted molar refractivity (Wildman–Crippen MR) is 57.8 cm³/mol. The van der Waals surface area contributed by atoms with Crippen LogP contribution in [0.5, 0.6) is 0 Å². The lowest BCUT2D eigenvalue weighted by Gasteiger charge is -2.02. The number of hydrogen-bond acceptors (Lipinski definition) is 2. The number of hydrogen-bond donors (Lipinski definition) is 1. The first-order valence-corrected chi connectivity index (χ1v) is 4.64. The Morgan fingerprint density at radius 3 is 2.50 bits per heavy atom. The van der Waals surface area contributed by atoms with Crippen molar-refractivity contribution in [1.29, 1.82) is 0 Å². The van der Waals surface area contributed by atoms with Gasteiger partial charge in [-0.25, -0.2) is 4.39 Å². The van der Waals surface area contributed by atoms with Gasteiger partial charge in [0, 0.05) is 12.3 Å². The number of aromatic nitrogens is 1. The van der Waals surface area contributed by atoms with Crippen molar-refractivity contribution < 1.29 is 9.18 Å². The average Bonchev–Trinajstić information content (AvgIpc) is 2.31. The molecule has 1 aromatic carbocycles. The standard InChI is InChI=1S/C12H8FNO2/c13-11-3-1-8(5-10(11)7-15)9-2-4-12(16)14-6-9/h1-7H,(H,14,16). The molecule has 0 atom stereocenters. The molecule has 3 nitrogen and oxygen atoms in total. The highest BCUT2D eigenvalue weighted by Crippen LogP contribution is 2.19. The second-order valence-electron chi connectivity index (χ2n) is 3.30. The van der Waals surface area contributed by atoms with Crippen LogP contribution in [0, 0.1) is 5.82 Å². The molecule has 1 heterocycles. The van der Waals surface area contributed by atoms with Crippen molar-refractivity contribution in [2.75, 3.05) is 0 Å². The van der Waals surface area contributed by atoms with Crippen LogP contribution in [0.2, 0.25) is 0 Å². The molecular weight excluding hydrogens is 209 g/mol. The van der Waals surface area contributed by atoms with Crippen LogP contribution in [0.1, 0.15) is 10.4 Å². The van der Waals surface area contributed by atoms with Crippen LogP contribution in [-0.2, 0) is 0 Å². The molecule has 0 saturated carbocycles. The van der Waals surface area contributed by atoms with E-state index in [-0.39, 0.29) is 11.1 Å². The summed E-state index contributed by atoms with van der Waals surface area (Å²) in [4.78, 5) is 23.9. The van der Waals surface area contributed by atoms with Gasteiger partial charge in [0.1, 0.15) is 5.82 Å². The number of carbonyl (C=O) groups excluding carboxylic acids is 1. The van der Waals surface area contributed by atoms with Gasteiger partial charge >= 0.3 is 0 Å². The van der Waals surface area contributed by atoms with Gasteiger partial charge in [-0.05, 0) is 29.3 Å². The first-order valence-electron chi connectivity index (χ1n) is 4.64. The summed E-state index contributed by atoms with van der Waals surface area (Å²) < 4.78 is 13.1. The summed E-state index contributed by atoms with van der Waals surface area (Å²) in [6.45, 7) is 0. The van der Waals surface area contributed by atoms with Crippen molar-refractivity contribution in [3.8, 4) is 11.1 Å². The Hall–Kier alpha value is -2.23. The zero-order valence-corrected chi connectivity index (χ0v) is 8.24. The molecule has 0 bridgehead atoms. The number of nitrogens with one attached hydrogen (secondary N) is 1. The lowest BCUT2D eigenvalue weighted by molar-refractivity contribution is 0.112. The van der Waals surface area contributed by atoms with E-state index in [1.807, 2.05) is 0 Å². The normalized spacial score (nSPS) is 10.1. The van der Waals surface area contributed by atoms with E-state index in [9.17, 15) is 14.0 Å². The fourth-order valence-electron chi connectivity index (χ4n) is 1.40. The molecular formula is C12H8FNO2. The van der Waals surface area contributed by atoms with Crippen LogP contribution in [0.15, 0.2) is 41.3 Å². The molecule has 4 heteroatoms. The monoisotopic (exact) mass is 217 g/mol. The molecule has 0 saturated heterocycles. The lowest BCUT2D eigenvalue weighted by atomic mass is 10.1. The number of halogens is 1. The van der Waals surface area contributed by atoms with E-state index in [0.29, 0.717) is 11.8 Å². The molecule has 2 rings (SSSR count). The number of aldehydes is 1. The van der Waals surface area contributed by atoms with Crippen LogP contribution in [0.3, 0.4) is 0 Å². The van der Waals surface area contributed by atoms with Crippen molar-refractivity contribution in [2.45, 2.75) is 0 Å². The third-order valence-corrected chi connectivity index (χ3v) is 2.24. The van der Waals surface area contributed by atoms with Gasteiger partial charge in [0.05, 0.1) is 5.56 Å². The summed E-state index contributed by atoms with van der Waals surface area (Å²) in [5, 5.41) is 0. The Balaban J connectivity index is 2.52. The molecule has 80 valence electrons. The number of H-pyrrole nitrogens is 1. The molecule has 16 heavy (non-hydrogen) atoms. The Morgan fingerprint density at radius 2 is 1.88 bits per heavy atom. The van der Waals surface area contributed by atoms with Gasteiger partial charge in [-0.2, -0.15) is 0 Å². The van der Waals surface area contributed by atoms with Crippen molar-refractivity contribution in [2.24, 2.45) is 0 Å². The lowest BCUT2D eigenvalue weighted by Crippen LogP contribution is -2.01. The minimum atomic E-state index is -0.553. The molecule has 0 unspecified atom stereocenters. The third-order valence-electron chi connectivity index (χ3n) is 2.24. The van der Waals surface area contributed by atoms with Gasteiger partial charge in [0.25, 0.3) is 0 Å². The second-order valence-corrected chi connectivity index (χ2v) is 3.30. The smallest absolute Gasteiger partial charge is 0.247 e. The molecule has 2 aromatic rings. The highest BCUT2D eigenvalue weighted by atomic mass is 19.1. The van der Waals surface area contributed by atoms with Crippen molar-refractivity contribution in [1.82, 2.24) is 4.98 Å². The van der Waals surface area contributed by atoms with Crippen LogP contribution in [0.4, 0.5) is 4.39 Å². The van der Waals surface area contributed by atoms with Crippen LogP contribution in [-0.4, -0.2) is 11.3 Å². The highest BCUT2D eigenvalue weighted by molar-refractivity contribution is 5.79. The second kappa shape index (κ2) is 4.10. The van der Waals surface area contributed by atoms with Gasteiger partial charge in [0.15, 0.2) is 6.29 Å². The topological polar surface area (TPSA) is 49.9 Å². The first-order chi connectivity index (χ1) is 7.70. The van der Waals surface area contributed by atoms with Crippen LogP contribution >= 0.6 is 0 Å². The quantitative estimate of drug-likeness (QED) is 0.782. The van der Waals surface area contributed by atoms with E-state index in [1.54, 1.807) is 12.1 Å². The summed E-state index contributed by atoms with van der Waals surface area (Å²) in [7, 11) is 0. The maximum atomic E-state index is 13.1. The summed E-state index contributed by atoms with van der Waals surface area (Å²) in [6.07, 6.45) is 1.98. The fraction of sp³-hybridized carbons (Fsp3) is 0. The summed E-state index contributed by atoms with van der Waals surface area (Å²) in [5.74, 6) is -0.553. The van der Waals surface area contributed by atoms with E-state index in [2.05, 4.69) is 4.98 Å². The highest BCUT2D eigenvalue weighted by Gasteiger charge is 2.04. The first kappa shape index (κ1) is 10.3.